The molecule has 0 aliphatic heterocycles. The van der Waals surface area contributed by atoms with Crippen molar-refractivity contribution < 1.29 is 13.5 Å². The summed E-state index contributed by atoms with van der Waals surface area (Å²) < 4.78 is 32.6. The summed E-state index contributed by atoms with van der Waals surface area (Å²) in [5.41, 5.74) is 6.55. The molecule has 0 aromatic heterocycles. The summed E-state index contributed by atoms with van der Waals surface area (Å²) in [7, 11) is 0. The lowest BCUT2D eigenvalue weighted by atomic mass is 10.0. The predicted molar refractivity (Wildman–Crippen MR) is 77.5 cm³/mol. The fourth-order valence-electron chi connectivity index (χ4n) is 1.87. The van der Waals surface area contributed by atoms with Crippen LogP contribution in [0.2, 0.25) is 0 Å². The summed E-state index contributed by atoms with van der Waals surface area (Å²) in [6.45, 7) is 1.77. The van der Waals surface area contributed by atoms with Gasteiger partial charge in [0.05, 0.1) is 4.47 Å². The van der Waals surface area contributed by atoms with Crippen LogP contribution in [0, 0.1) is 11.6 Å². The third kappa shape index (κ3) is 3.55. The minimum absolute atomic E-state index is 0.352. The fourth-order valence-corrected chi connectivity index (χ4v) is 2.31. The van der Waals surface area contributed by atoms with Gasteiger partial charge >= 0.3 is 0 Å². The monoisotopic (exact) mass is 341 g/mol. The van der Waals surface area contributed by atoms with Crippen LogP contribution in [-0.2, 0) is 0 Å². The Balaban J connectivity index is 2.30. The zero-order chi connectivity index (χ0) is 14.7. The molecule has 0 amide bonds. The van der Waals surface area contributed by atoms with Crippen LogP contribution >= 0.6 is 15.9 Å². The lowest BCUT2D eigenvalue weighted by Crippen LogP contribution is -2.29. The maximum absolute atomic E-state index is 13.3. The Morgan fingerprint density at radius 3 is 2.40 bits per heavy atom. The zero-order valence-corrected chi connectivity index (χ0v) is 12.4. The van der Waals surface area contributed by atoms with Gasteiger partial charge in [0.1, 0.15) is 23.5 Å². The summed E-state index contributed by atoms with van der Waals surface area (Å²) in [5, 5.41) is 0. The molecule has 0 saturated heterocycles. The van der Waals surface area contributed by atoms with Gasteiger partial charge in [0.25, 0.3) is 0 Å². The molecule has 5 heteroatoms. The molecular formula is C15H14BrF2NO. The van der Waals surface area contributed by atoms with Crippen molar-refractivity contribution >= 4 is 15.9 Å². The van der Waals surface area contributed by atoms with Crippen LogP contribution in [0.5, 0.6) is 5.75 Å². The molecule has 0 radical (unpaired) electrons. The molecule has 2 unspecified atom stereocenters. The quantitative estimate of drug-likeness (QED) is 0.904. The molecule has 2 N–H and O–H groups in total. The highest BCUT2D eigenvalue weighted by atomic mass is 79.9. The van der Waals surface area contributed by atoms with Gasteiger partial charge in [-0.25, -0.2) is 8.78 Å². The van der Waals surface area contributed by atoms with E-state index in [4.69, 9.17) is 10.5 Å². The lowest BCUT2D eigenvalue weighted by Gasteiger charge is -2.23. The van der Waals surface area contributed by atoms with Crippen molar-refractivity contribution in [3.63, 3.8) is 0 Å². The first kappa shape index (κ1) is 14.9. The molecule has 0 aliphatic carbocycles. The summed E-state index contributed by atoms with van der Waals surface area (Å²) in [5.74, 6) is -0.264. The van der Waals surface area contributed by atoms with Crippen LogP contribution in [0.3, 0.4) is 0 Å². The fraction of sp³-hybridized carbons (Fsp3) is 0.200. The van der Waals surface area contributed by atoms with Crippen molar-refractivity contribution in [1.82, 2.24) is 0 Å². The number of benzene rings is 2. The first-order valence-electron chi connectivity index (χ1n) is 6.10. The Morgan fingerprint density at radius 1 is 1.10 bits per heavy atom. The number of hydrogen-bond donors (Lipinski definition) is 1. The number of rotatable bonds is 4. The first-order chi connectivity index (χ1) is 9.47. The molecule has 2 rings (SSSR count). The van der Waals surface area contributed by atoms with Crippen molar-refractivity contribution in [2.24, 2.45) is 5.73 Å². The highest BCUT2D eigenvalue weighted by molar-refractivity contribution is 9.10. The summed E-state index contributed by atoms with van der Waals surface area (Å²) >= 11 is 3.23. The third-order valence-corrected chi connectivity index (χ3v) is 3.42. The van der Waals surface area contributed by atoms with E-state index in [0.717, 1.165) is 0 Å². The molecule has 2 aromatic rings. The molecule has 2 aromatic carbocycles. The average molecular weight is 342 g/mol. The van der Waals surface area contributed by atoms with Gasteiger partial charge in [-0.15, -0.1) is 0 Å². The van der Waals surface area contributed by atoms with Gasteiger partial charge < -0.3 is 10.5 Å². The third-order valence-electron chi connectivity index (χ3n) is 2.80. The Hall–Kier alpha value is -1.46. The molecule has 106 valence electrons. The number of nitrogens with two attached hydrogens (primary N) is 1. The van der Waals surface area contributed by atoms with E-state index in [9.17, 15) is 8.78 Å². The number of hydrogen-bond acceptors (Lipinski definition) is 2. The van der Waals surface area contributed by atoms with Gasteiger partial charge in [-0.3, -0.25) is 0 Å². The van der Waals surface area contributed by atoms with Crippen molar-refractivity contribution in [3.8, 4) is 5.75 Å². The average Bonchev–Trinajstić information content (AvgIpc) is 2.37. The van der Waals surface area contributed by atoms with E-state index in [-0.39, 0.29) is 17.7 Å². The number of ether oxygens (including phenoxy) is 1. The summed E-state index contributed by atoms with van der Waals surface area (Å²) in [6.07, 6.45) is -0.521. The van der Waals surface area contributed by atoms with E-state index in [2.05, 4.69) is 15.9 Å². The normalized spacial score (nSPS) is 13.8. The van der Waals surface area contributed by atoms with E-state index < -0.39 is 6.10 Å². The largest absolute Gasteiger partial charge is 0.483 e. The van der Waals surface area contributed by atoms with Crippen molar-refractivity contribution in [3.05, 3.63) is 64.1 Å². The van der Waals surface area contributed by atoms with Crippen LogP contribution in [0.25, 0.3) is 0 Å². The van der Waals surface area contributed by atoms with E-state index in [1.165, 1.54) is 30.3 Å². The zero-order valence-electron chi connectivity index (χ0n) is 10.8. The van der Waals surface area contributed by atoms with Crippen LogP contribution in [0.4, 0.5) is 8.78 Å². The standard InChI is InChI=1S/C15H14BrF2NO/c1-9(19)15(10-3-2-4-11(17)7-10)20-14-6-5-12(18)8-13(14)16/h2-9,15H,19H2,1H3. The van der Waals surface area contributed by atoms with E-state index >= 15 is 0 Å². The van der Waals surface area contributed by atoms with Crippen LogP contribution in [-0.4, -0.2) is 6.04 Å². The van der Waals surface area contributed by atoms with Gasteiger partial charge in [-0.2, -0.15) is 0 Å². The minimum Gasteiger partial charge on any atom is -0.483 e. The SMILES string of the molecule is CC(N)C(Oc1ccc(F)cc1Br)c1cccc(F)c1. The molecule has 2 atom stereocenters. The van der Waals surface area contributed by atoms with Gasteiger partial charge in [0, 0.05) is 6.04 Å². The second-order valence-electron chi connectivity index (χ2n) is 4.53. The predicted octanol–water partition coefficient (Wildman–Crippen LogP) is 4.19. The van der Waals surface area contributed by atoms with Gasteiger partial charge in [0.15, 0.2) is 0 Å². The second-order valence-corrected chi connectivity index (χ2v) is 5.38. The molecular weight excluding hydrogens is 328 g/mol. The highest BCUT2D eigenvalue weighted by Crippen LogP contribution is 2.31. The Morgan fingerprint density at radius 2 is 1.80 bits per heavy atom. The molecule has 0 aliphatic rings. The van der Waals surface area contributed by atoms with Crippen molar-refractivity contribution in [2.45, 2.75) is 19.1 Å². The number of halogens is 3. The molecule has 0 fully saturated rings. The summed E-state index contributed by atoms with van der Waals surface area (Å²) in [6, 6.07) is 9.84. The maximum atomic E-state index is 13.3. The molecule has 2 nitrogen and oxygen atoms in total. The van der Waals surface area contributed by atoms with Crippen LogP contribution in [0.15, 0.2) is 46.9 Å². The van der Waals surface area contributed by atoms with Gasteiger partial charge in [-0.05, 0) is 58.7 Å². The van der Waals surface area contributed by atoms with Crippen LogP contribution in [0.1, 0.15) is 18.6 Å². The van der Waals surface area contributed by atoms with Crippen LogP contribution < -0.4 is 10.5 Å². The van der Waals surface area contributed by atoms with Gasteiger partial charge in [0.2, 0.25) is 0 Å². The molecule has 0 saturated carbocycles. The minimum atomic E-state index is -0.521. The molecule has 20 heavy (non-hydrogen) atoms. The van der Waals surface area contributed by atoms with Gasteiger partial charge in [-0.1, -0.05) is 12.1 Å². The smallest absolute Gasteiger partial charge is 0.139 e. The summed E-state index contributed by atoms with van der Waals surface area (Å²) in [4.78, 5) is 0. The van der Waals surface area contributed by atoms with Crippen molar-refractivity contribution in [1.29, 1.82) is 0 Å². The Labute approximate surface area is 124 Å². The topological polar surface area (TPSA) is 35.2 Å². The highest BCUT2D eigenvalue weighted by Gasteiger charge is 2.20. The Bertz CT molecular complexity index is 604. The van der Waals surface area contributed by atoms with E-state index in [1.54, 1.807) is 19.1 Å². The lowest BCUT2D eigenvalue weighted by molar-refractivity contribution is 0.178. The van der Waals surface area contributed by atoms with E-state index in [0.29, 0.717) is 15.8 Å². The second kappa shape index (κ2) is 6.33. The molecule has 0 spiro atoms. The molecule has 0 heterocycles. The Kier molecular flexibility index (Phi) is 4.73. The molecule has 0 bridgehead atoms. The first-order valence-corrected chi connectivity index (χ1v) is 6.89. The van der Waals surface area contributed by atoms with Crippen molar-refractivity contribution in [2.75, 3.05) is 0 Å². The van der Waals surface area contributed by atoms with E-state index in [1.807, 2.05) is 0 Å². The maximum Gasteiger partial charge on any atom is 0.139 e.